The van der Waals surface area contributed by atoms with Gasteiger partial charge < -0.3 is 13.9 Å². The SMILES string of the molecule is COC(C[C@@]1(C#N)C[C@@H]2CC=C(O[Si](C(C)C)(C(C)C)C(C)C)[C@@H]1C2)OC. The van der Waals surface area contributed by atoms with Crippen molar-refractivity contribution in [2.45, 2.75) is 90.1 Å². The van der Waals surface area contributed by atoms with Gasteiger partial charge in [-0.05, 0) is 47.9 Å². The molecule has 154 valence electrons. The standard InChI is InChI=1S/C22H39NO3Si/c1-15(2)27(16(3)4,17(5)6)26-20-10-9-18-11-19(20)22(12-18,14-23)13-21(24-7)25-8/h10,15-19,21H,9,11-13H2,1-8H3/t18-,19+,22-/m1/s1. The summed E-state index contributed by atoms with van der Waals surface area (Å²) in [4.78, 5) is 0. The summed E-state index contributed by atoms with van der Waals surface area (Å²) < 4.78 is 18.0. The Morgan fingerprint density at radius 2 is 1.67 bits per heavy atom. The van der Waals surface area contributed by atoms with Crippen molar-refractivity contribution in [1.82, 2.24) is 0 Å². The van der Waals surface area contributed by atoms with Crippen LogP contribution in [0.2, 0.25) is 16.6 Å². The Morgan fingerprint density at radius 1 is 1.11 bits per heavy atom. The van der Waals surface area contributed by atoms with Gasteiger partial charge in [-0.1, -0.05) is 41.5 Å². The molecular weight excluding hydrogens is 354 g/mol. The molecule has 27 heavy (non-hydrogen) atoms. The fourth-order valence-electron chi connectivity index (χ4n) is 5.92. The van der Waals surface area contributed by atoms with Crippen molar-refractivity contribution < 1.29 is 13.9 Å². The van der Waals surface area contributed by atoms with Crippen molar-refractivity contribution in [3.8, 4) is 6.07 Å². The molecule has 2 rings (SSSR count). The van der Waals surface area contributed by atoms with Crippen molar-refractivity contribution in [2.24, 2.45) is 17.3 Å². The van der Waals surface area contributed by atoms with Gasteiger partial charge in [-0.25, -0.2) is 0 Å². The molecule has 0 radical (unpaired) electrons. The highest BCUT2D eigenvalue weighted by atomic mass is 28.4. The van der Waals surface area contributed by atoms with Gasteiger partial charge in [0.25, 0.3) is 8.32 Å². The number of hydrogen-bond acceptors (Lipinski definition) is 4. The van der Waals surface area contributed by atoms with Crippen molar-refractivity contribution in [3.63, 3.8) is 0 Å². The van der Waals surface area contributed by atoms with Gasteiger partial charge in [0, 0.05) is 26.6 Å². The maximum Gasteiger partial charge on any atom is 0.258 e. The lowest BCUT2D eigenvalue weighted by Gasteiger charge is -2.45. The molecule has 0 unspecified atom stereocenters. The van der Waals surface area contributed by atoms with E-state index in [4.69, 9.17) is 13.9 Å². The largest absolute Gasteiger partial charge is 0.546 e. The Bertz CT molecular complexity index is 555. The number of rotatable bonds is 9. The van der Waals surface area contributed by atoms with Gasteiger partial charge in [-0.15, -0.1) is 0 Å². The molecule has 0 saturated heterocycles. The lowest BCUT2D eigenvalue weighted by atomic mass is 9.75. The van der Waals surface area contributed by atoms with Crippen LogP contribution in [0.4, 0.5) is 0 Å². The third-order valence-corrected chi connectivity index (χ3v) is 13.2. The fourth-order valence-corrected chi connectivity index (χ4v) is 11.3. The predicted octanol–water partition coefficient (Wildman–Crippen LogP) is 6.01. The molecule has 0 amide bonds. The summed E-state index contributed by atoms with van der Waals surface area (Å²) >= 11 is 0. The number of nitriles is 1. The molecule has 0 aliphatic heterocycles. The Kier molecular flexibility index (Phi) is 7.21. The minimum Gasteiger partial charge on any atom is -0.546 e. The lowest BCUT2D eigenvalue weighted by molar-refractivity contribution is -0.123. The molecule has 2 aliphatic carbocycles. The maximum atomic E-state index is 10.2. The fraction of sp³-hybridized carbons (Fsp3) is 0.864. The van der Waals surface area contributed by atoms with Crippen LogP contribution in [0.25, 0.3) is 0 Å². The maximum absolute atomic E-state index is 10.2. The van der Waals surface area contributed by atoms with E-state index in [1.165, 1.54) is 0 Å². The minimum absolute atomic E-state index is 0.164. The molecule has 4 nitrogen and oxygen atoms in total. The summed E-state index contributed by atoms with van der Waals surface area (Å²) in [5.74, 6) is 1.83. The first-order valence-electron chi connectivity index (χ1n) is 10.5. The van der Waals surface area contributed by atoms with E-state index in [0.717, 1.165) is 25.0 Å². The van der Waals surface area contributed by atoms with E-state index >= 15 is 0 Å². The van der Waals surface area contributed by atoms with E-state index in [2.05, 4.69) is 53.7 Å². The first kappa shape index (κ1) is 22.5. The van der Waals surface area contributed by atoms with Crippen LogP contribution in [0.15, 0.2) is 11.8 Å². The molecule has 5 heteroatoms. The molecule has 1 fully saturated rings. The van der Waals surface area contributed by atoms with Crippen molar-refractivity contribution >= 4 is 8.32 Å². The van der Waals surface area contributed by atoms with Crippen LogP contribution in [0.5, 0.6) is 0 Å². The molecule has 0 aromatic carbocycles. The lowest BCUT2D eigenvalue weighted by Crippen LogP contribution is -2.48. The Balaban J connectivity index is 2.38. The summed E-state index contributed by atoms with van der Waals surface area (Å²) in [6.07, 6.45) is 5.57. The van der Waals surface area contributed by atoms with Crippen LogP contribution in [-0.4, -0.2) is 28.8 Å². The summed E-state index contributed by atoms with van der Waals surface area (Å²) in [6.45, 7) is 13.9. The average molecular weight is 394 g/mol. The van der Waals surface area contributed by atoms with E-state index in [1.807, 2.05) is 0 Å². The molecule has 0 aromatic rings. The Labute approximate surface area is 167 Å². The number of hydrogen-bond donors (Lipinski definition) is 0. The van der Waals surface area contributed by atoms with E-state index in [9.17, 15) is 5.26 Å². The van der Waals surface area contributed by atoms with Gasteiger partial charge in [0.05, 0.1) is 17.2 Å². The highest BCUT2D eigenvalue weighted by Gasteiger charge is 2.55. The van der Waals surface area contributed by atoms with Crippen LogP contribution in [-0.2, 0) is 13.9 Å². The van der Waals surface area contributed by atoms with Gasteiger partial charge in [0.2, 0.25) is 0 Å². The quantitative estimate of drug-likeness (QED) is 0.355. The van der Waals surface area contributed by atoms with Crippen LogP contribution < -0.4 is 0 Å². The van der Waals surface area contributed by atoms with E-state index < -0.39 is 13.7 Å². The topological polar surface area (TPSA) is 51.5 Å². The van der Waals surface area contributed by atoms with Crippen LogP contribution >= 0.6 is 0 Å². The van der Waals surface area contributed by atoms with Gasteiger partial charge in [0.1, 0.15) is 0 Å². The summed E-state index contributed by atoms with van der Waals surface area (Å²) in [7, 11) is 1.28. The number of nitrogens with zero attached hydrogens (tertiary/aromatic N) is 1. The molecule has 2 aliphatic rings. The molecule has 0 heterocycles. The normalized spacial score (nSPS) is 28.2. The number of fused-ring (bicyclic) bond motifs is 2. The molecular formula is C22H39NO3Si. The highest BCUT2D eigenvalue weighted by Crippen LogP contribution is 2.58. The predicted molar refractivity (Wildman–Crippen MR) is 112 cm³/mol. The second-order valence-corrected chi connectivity index (χ2v) is 14.9. The zero-order valence-corrected chi connectivity index (χ0v) is 19.5. The zero-order valence-electron chi connectivity index (χ0n) is 18.5. The average Bonchev–Trinajstić information content (AvgIpc) is 2.91. The summed E-state index contributed by atoms with van der Waals surface area (Å²) in [5, 5.41) is 10.2. The van der Waals surface area contributed by atoms with Gasteiger partial charge >= 0.3 is 0 Å². The van der Waals surface area contributed by atoms with Gasteiger partial charge in [-0.3, -0.25) is 0 Å². The smallest absolute Gasteiger partial charge is 0.258 e. The van der Waals surface area contributed by atoms with Crippen molar-refractivity contribution in [2.75, 3.05) is 14.2 Å². The third-order valence-electron chi connectivity index (χ3n) is 7.17. The first-order valence-corrected chi connectivity index (χ1v) is 12.7. The van der Waals surface area contributed by atoms with Crippen LogP contribution in [0, 0.1) is 28.6 Å². The van der Waals surface area contributed by atoms with Crippen LogP contribution in [0.1, 0.15) is 67.2 Å². The molecule has 2 bridgehead atoms. The Hall–Kier alpha value is -0.833. The molecule has 1 saturated carbocycles. The van der Waals surface area contributed by atoms with E-state index in [1.54, 1.807) is 14.2 Å². The zero-order chi connectivity index (χ0) is 20.4. The van der Waals surface area contributed by atoms with Crippen molar-refractivity contribution in [3.05, 3.63) is 11.8 Å². The summed E-state index contributed by atoms with van der Waals surface area (Å²) in [5.41, 5.74) is 1.13. The second kappa shape index (κ2) is 8.67. The second-order valence-electron chi connectivity index (χ2n) is 9.49. The summed E-state index contributed by atoms with van der Waals surface area (Å²) in [6, 6.07) is 2.69. The molecule has 0 spiro atoms. The number of allylic oxidation sites excluding steroid dienone is 2. The van der Waals surface area contributed by atoms with E-state index in [-0.39, 0.29) is 12.2 Å². The molecule has 3 atom stereocenters. The Morgan fingerprint density at radius 3 is 2.11 bits per heavy atom. The van der Waals surface area contributed by atoms with E-state index in [0.29, 0.717) is 29.0 Å². The number of methoxy groups -OCH3 is 2. The minimum atomic E-state index is -2.03. The van der Waals surface area contributed by atoms with Crippen LogP contribution in [0.3, 0.4) is 0 Å². The molecule has 0 aromatic heterocycles. The highest BCUT2D eigenvalue weighted by molar-refractivity contribution is 6.77. The number of ether oxygens (including phenoxy) is 2. The molecule has 0 N–H and O–H groups in total. The van der Waals surface area contributed by atoms with Crippen molar-refractivity contribution in [1.29, 1.82) is 5.26 Å². The monoisotopic (exact) mass is 393 g/mol. The van der Waals surface area contributed by atoms with Gasteiger partial charge in [0.15, 0.2) is 6.29 Å². The first-order chi connectivity index (χ1) is 12.7. The third kappa shape index (κ3) is 3.99. The van der Waals surface area contributed by atoms with Gasteiger partial charge in [-0.2, -0.15) is 5.26 Å².